The molecule has 1 N–H and O–H groups in total. The van der Waals surface area contributed by atoms with Crippen molar-refractivity contribution in [2.45, 2.75) is 25.5 Å². The minimum atomic E-state index is -3.71. The molecule has 0 aromatic heterocycles. The number of carbonyl (C=O) groups excluding carboxylic acids is 3. The summed E-state index contributed by atoms with van der Waals surface area (Å²) in [7, 11) is -3.71. The van der Waals surface area contributed by atoms with Gasteiger partial charge >= 0.3 is 6.03 Å². The van der Waals surface area contributed by atoms with E-state index in [1.807, 2.05) is 6.07 Å². The lowest BCUT2D eigenvalue weighted by molar-refractivity contribution is -0.125. The number of urea groups is 1. The van der Waals surface area contributed by atoms with Crippen LogP contribution in [0.2, 0.25) is 0 Å². The molecule has 0 bridgehead atoms. The predicted molar refractivity (Wildman–Crippen MR) is 97.4 cm³/mol. The number of para-hydroxylation sites is 1. The Kier molecular flexibility index (Phi) is 6.36. The van der Waals surface area contributed by atoms with Gasteiger partial charge in [0.2, 0.25) is 11.8 Å². The van der Waals surface area contributed by atoms with Gasteiger partial charge in [-0.2, -0.15) is 0 Å². The zero-order valence-corrected chi connectivity index (χ0v) is 15.7. The lowest BCUT2D eigenvalue weighted by Gasteiger charge is -2.24. The summed E-state index contributed by atoms with van der Waals surface area (Å²) < 4.78 is 25.0. The Morgan fingerprint density at radius 2 is 1.92 bits per heavy atom. The van der Waals surface area contributed by atoms with Gasteiger partial charge < -0.3 is 10.2 Å². The van der Waals surface area contributed by atoms with E-state index in [9.17, 15) is 22.8 Å². The molecule has 8 nitrogen and oxygen atoms in total. The van der Waals surface area contributed by atoms with Gasteiger partial charge in [0.25, 0.3) is 0 Å². The average Bonchev–Trinajstić information content (AvgIpc) is 2.94. The molecule has 2 rings (SSSR count). The highest BCUT2D eigenvalue weighted by Crippen LogP contribution is 2.17. The van der Waals surface area contributed by atoms with Crippen LogP contribution in [0.3, 0.4) is 0 Å². The van der Waals surface area contributed by atoms with E-state index in [2.05, 4.69) is 5.32 Å². The molecule has 0 saturated carbocycles. The predicted octanol–water partition coefficient (Wildman–Crippen LogP) is 0.785. The molecule has 4 amide bonds. The van der Waals surface area contributed by atoms with Crippen LogP contribution in [0.15, 0.2) is 30.3 Å². The Labute approximate surface area is 153 Å². The van der Waals surface area contributed by atoms with Gasteiger partial charge in [0, 0.05) is 18.8 Å². The van der Waals surface area contributed by atoms with Crippen molar-refractivity contribution in [3.63, 3.8) is 0 Å². The molecule has 142 valence electrons. The smallest absolute Gasteiger partial charge is 0.324 e. The van der Waals surface area contributed by atoms with Crippen LogP contribution < -0.4 is 10.2 Å². The summed E-state index contributed by atoms with van der Waals surface area (Å²) in [4.78, 5) is 38.0. The fourth-order valence-corrected chi connectivity index (χ4v) is 4.05. The molecule has 9 heteroatoms. The van der Waals surface area contributed by atoms with E-state index < -0.39 is 27.0 Å². The standard InChI is InChI=1S/C17H23N3O5S/c1-3-19(14-8-5-4-6-9-14)16(22)13(2)26(24,25)11-7-10-20-15(21)12-18-17(20)23/h4-6,8-9,13H,3,7,10-12H2,1-2H3,(H,18,23)/t13-/m0/s1. The molecule has 1 saturated heterocycles. The maximum atomic E-state index is 12.7. The first-order chi connectivity index (χ1) is 12.3. The number of nitrogens with one attached hydrogen (secondary N) is 1. The number of amides is 4. The molecule has 0 aliphatic carbocycles. The summed E-state index contributed by atoms with van der Waals surface area (Å²) in [5.74, 6) is -1.14. The van der Waals surface area contributed by atoms with E-state index >= 15 is 0 Å². The van der Waals surface area contributed by atoms with Crippen LogP contribution in [0.4, 0.5) is 10.5 Å². The first kappa shape index (κ1) is 19.9. The summed E-state index contributed by atoms with van der Waals surface area (Å²) in [5, 5.41) is 1.17. The van der Waals surface area contributed by atoms with Gasteiger partial charge in [-0.25, -0.2) is 13.2 Å². The van der Waals surface area contributed by atoms with E-state index in [0.29, 0.717) is 12.2 Å². The van der Waals surface area contributed by atoms with Crippen LogP contribution in [-0.4, -0.2) is 61.8 Å². The molecular weight excluding hydrogens is 358 g/mol. The number of sulfone groups is 1. The first-order valence-corrected chi connectivity index (χ1v) is 10.2. The molecule has 0 radical (unpaired) electrons. The molecule has 26 heavy (non-hydrogen) atoms. The monoisotopic (exact) mass is 381 g/mol. The van der Waals surface area contributed by atoms with Crippen LogP contribution in [0, 0.1) is 0 Å². The van der Waals surface area contributed by atoms with Crippen molar-refractivity contribution in [1.29, 1.82) is 0 Å². The molecular formula is C17H23N3O5S. The van der Waals surface area contributed by atoms with Crippen LogP contribution in [-0.2, 0) is 19.4 Å². The highest BCUT2D eigenvalue weighted by Gasteiger charge is 2.33. The van der Waals surface area contributed by atoms with Gasteiger partial charge in [-0.1, -0.05) is 18.2 Å². The molecule has 1 aliphatic rings. The van der Waals surface area contributed by atoms with E-state index in [1.165, 1.54) is 11.8 Å². The first-order valence-electron chi connectivity index (χ1n) is 8.44. The van der Waals surface area contributed by atoms with Crippen molar-refractivity contribution in [2.75, 3.05) is 30.3 Å². The fraction of sp³-hybridized carbons (Fsp3) is 0.471. The minimum Gasteiger partial charge on any atom is -0.329 e. The van der Waals surface area contributed by atoms with Crippen molar-refractivity contribution >= 4 is 33.4 Å². The third kappa shape index (κ3) is 4.40. The number of imide groups is 1. The summed E-state index contributed by atoms with van der Waals surface area (Å²) >= 11 is 0. The Bertz CT molecular complexity index is 763. The second kappa shape index (κ2) is 8.31. The number of benzene rings is 1. The molecule has 1 heterocycles. The number of rotatable bonds is 8. The zero-order chi connectivity index (χ0) is 19.3. The lowest BCUT2D eigenvalue weighted by atomic mass is 10.2. The van der Waals surface area contributed by atoms with Crippen LogP contribution in [0.25, 0.3) is 0 Å². The number of nitrogens with zero attached hydrogens (tertiary/aromatic N) is 2. The largest absolute Gasteiger partial charge is 0.329 e. The molecule has 1 aromatic rings. The second-order valence-corrected chi connectivity index (χ2v) is 8.43. The second-order valence-electron chi connectivity index (χ2n) is 5.98. The molecule has 1 atom stereocenters. The fourth-order valence-electron chi connectivity index (χ4n) is 2.73. The van der Waals surface area contributed by atoms with Gasteiger partial charge in [0.05, 0.1) is 12.3 Å². The van der Waals surface area contributed by atoms with E-state index in [0.717, 1.165) is 4.90 Å². The molecule has 0 spiro atoms. The van der Waals surface area contributed by atoms with E-state index in [4.69, 9.17) is 0 Å². The van der Waals surface area contributed by atoms with Crippen molar-refractivity contribution < 1.29 is 22.8 Å². The Morgan fingerprint density at radius 1 is 1.27 bits per heavy atom. The Hall–Kier alpha value is -2.42. The van der Waals surface area contributed by atoms with Crippen LogP contribution >= 0.6 is 0 Å². The highest BCUT2D eigenvalue weighted by atomic mass is 32.2. The van der Waals surface area contributed by atoms with Gasteiger partial charge in [-0.3, -0.25) is 14.5 Å². The Balaban J connectivity index is 1.99. The maximum absolute atomic E-state index is 12.7. The minimum absolute atomic E-state index is 0.0149. The number of hydrogen-bond donors (Lipinski definition) is 1. The van der Waals surface area contributed by atoms with E-state index in [1.54, 1.807) is 31.2 Å². The normalized spacial score (nSPS) is 15.7. The maximum Gasteiger partial charge on any atom is 0.324 e. The molecule has 1 fully saturated rings. The summed E-state index contributed by atoms with van der Waals surface area (Å²) in [5.41, 5.74) is 0.640. The lowest BCUT2D eigenvalue weighted by Crippen LogP contribution is -2.43. The summed E-state index contributed by atoms with van der Waals surface area (Å²) in [6.45, 7) is 3.45. The summed E-state index contributed by atoms with van der Waals surface area (Å²) in [6, 6.07) is 8.36. The number of hydrogen-bond acceptors (Lipinski definition) is 5. The number of anilines is 1. The highest BCUT2D eigenvalue weighted by molar-refractivity contribution is 7.92. The molecule has 1 aromatic carbocycles. The van der Waals surface area contributed by atoms with Crippen LogP contribution in [0.1, 0.15) is 20.3 Å². The third-order valence-electron chi connectivity index (χ3n) is 4.28. The van der Waals surface area contributed by atoms with Gasteiger partial charge in [-0.05, 0) is 32.4 Å². The zero-order valence-electron chi connectivity index (χ0n) is 14.8. The molecule has 0 unspecified atom stereocenters. The SMILES string of the molecule is CCN(C(=O)[C@H](C)S(=O)(=O)CCCN1C(=O)CNC1=O)c1ccccc1. The average molecular weight is 381 g/mol. The van der Waals surface area contributed by atoms with Crippen molar-refractivity contribution in [1.82, 2.24) is 10.2 Å². The van der Waals surface area contributed by atoms with Gasteiger partial charge in [0.15, 0.2) is 9.84 Å². The van der Waals surface area contributed by atoms with Crippen molar-refractivity contribution in [2.24, 2.45) is 0 Å². The number of carbonyl (C=O) groups is 3. The molecule has 1 aliphatic heterocycles. The topological polar surface area (TPSA) is 104 Å². The third-order valence-corrected chi connectivity index (χ3v) is 6.42. The van der Waals surface area contributed by atoms with Gasteiger partial charge in [-0.15, -0.1) is 0 Å². The van der Waals surface area contributed by atoms with Gasteiger partial charge in [0.1, 0.15) is 5.25 Å². The Morgan fingerprint density at radius 3 is 2.46 bits per heavy atom. The van der Waals surface area contributed by atoms with E-state index in [-0.39, 0.29) is 31.2 Å². The quantitative estimate of drug-likeness (QED) is 0.671. The summed E-state index contributed by atoms with van der Waals surface area (Å²) in [6.07, 6.45) is 0.0938. The van der Waals surface area contributed by atoms with Crippen molar-refractivity contribution in [3.8, 4) is 0 Å². The van der Waals surface area contributed by atoms with Crippen molar-refractivity contribution in [3.05, 3.63) is 30.3 Å². The van der Waals surface area contributed by atoms with Crippen LogP contribution in [0.5, 0.6) is 0 Å².